The van der Waals surface area contributed by atoms with E-state index in [1.54, 1.807) is 48.5 Å². The van der Waals surface area contributed by atoms with Crippen LogP contribution in [0.15, 0.2) is 132 Å². The Morgan fingerprint density at radius 3 is 1.20 bits per heavy atom. The quantitative estimate of drug-likeness (QED) is 0.308. The van der Waals surface area contributed by atoms with E-state index in [-0.39, 0.29) is 62.5 Å². The predicted molar refractivity (Wildman–Crippen MR) is 141 cm³/mol. The van der Waals surface area contributed by atoms with Crippen LogP contribution >= 0.6 is 14.3 Å². The molecule has 1 N–H and O–H groups in total. The van der Waals surface area contributed by atoms with Crippen molar-refractivity contribution in [1.29, 1.82) is 0 Å². The van der Waals surface area contributed by atoms with Gasteiger partial charge in [-0.2, -0.15) is 0 Å². The molecular weight excluding hydrogens is 501 g/mol. The molecule has 5 rings (SSSR count). The van der Waals surface area contributed by atoms with Gasteiger partial charge in [-0.15, -0.1) is 0 Å². The summed E-state index contributed by atoms with van der Waals surface area (Å²) in [6, 6.07) is 36.5. The summed E-state index contributed by atoms with van der Waals surface area (Å²) in [5, 5.41) is 11.1. The number of nitrogens with one attached hydrogen (secondary N) is 1. The second kappa shape index (κ2) is 11.3. The molecule has 168 valence electrons. The maximum Gasteiger partial charge on any atom is 1.00 e. The summed E-state index contributed by atoms with van der Waals surface area (Å²) < 4.78 is 28.9. The molecule has 6 nitrogen and oxygen atoms in total. The van der Waals surface area contributed by atoms with E-state index in [4.69, 9.17) is 0 Å². The van der Waals surface area contributed by atoms with E-state index in [0.29, 0.717) is 21.2 Å². The van der Waals surface area contributed by atoms with Crippen LogP contribution in [0, 0.1) is 0 Å². The van der Waals surface area contributed by atoms with Crippen molar-refractivity contribution in [2.75, 3.05) is 0 Å². The number of benzene rings is 4. The first-order valence-corrected chi connectivity index (χ1v) is 14.1. The summed E-state index contributed by atoms with van der Waals surface area (Å²) in [5.74, 6) is 0. The van der Waals surface area contributed by atoms with Crippen molar-refractivity contribution >= 4 is 46.7 Å². The van der Waals surface area contributed by atoms with Crippen LogP contribution in [0.1, 0.15) is 0 Å². The zero-order chi connectivity index (χ0) is 23.4. The molecule has 1 aliphatic rings. The fraction of sp³-hybridized carbons (Fsp3) is 0. The van der Waals surface area contributed by atoms with Crippen LogP contribution in [0.25, 0.3) is 5.43 Å². The molecule has 0 unspecified atom stereocenters. The van der Waals surface area contributed by atoms with E-state index in [0.717, 1.165) is 0 Å². The van der Waals surface area contributed by atoms with Crippen LogP contribution < -0.4 is 78.0 Å². The molecular formula is C26H21KN4O2P2. The molecule has 0 bridgehead atoms. The largest absolute Gasteiger partial charge is 1.00 e. The van der Waals surface area contributed by atoms with Gasteiger partial charge in [0.15, 0.2) is 12.7 Å². The summed E-state index contributed by atoms with van der Waals surface area (Å²) >= 11 is 0. The molecule has 0 spiro atoms. The molecule has 1 aliphatic heterocycles. The number of hydrazone groups is 1. The van der Waals surface area contributed by atoms with Gasteiger partial charge in [0.2, 0.25) is 7.14 Å². The minimum absolute atomic E-state index is 0. The first-order chi connectivity index (χ1) is 16.6. The SMILES string of the molecule is O=P(C1=NNC(P(=O)(c2ccccc2)c2ccccc2)=N[N-]1)(c1ccccc1)c1ccccc1.[K+]. The number of amidine groups is 2. The van der Waals surface area contributed by atoms with Crippen LogP contribution in [0.5, 0.6) is 0 Å². The van der Waals surface area contributed by atoms with Crippen molar-refractivity contribution in [2.24, 2.45) is 10.2 Å². The minimum Gasteiger partial charge on any atom is -0.370 e. The third-order valence-electron chi connectivity index (χ3n) is 5.55. The summed E-state index contributed by atoms with van der Waals surface area (Å²) in [4.78, 5) is 0. The summed E-state index contributed by atoms with van der Waals surface area (Å²) in [6.45, 7) is 0. The Balaban J connectivity index is 0.00000289. The van der Waals surface area contributed by atoms with Crippen molar-refractivity contribution in [3.63, 3.8) is 0 Å². The zero-order valence-electron chi connectivity index (χ0n) is 19.1. The Bertz CT molecular complexity index is 1250. The average Bonchev–Trinajstić information content (AvgIpc) is 2.94. The van der Waals surface area contributed by atoms with Crippen LogP contribution in [-0.2, 0) is 9.13 Å². The number of rotatable bonds is 6. The molecule has 0 fully saturated rings. The van der Waals surface area contributed by atoms with Gasteiger partial charge in [0.1, 0.15) is 0 Å². The fourth-order valence-electron chi connectivity index (χ4n) is 3.83. The molecule has 9 heteroatoms. The molecule has 0 aliphatic carbocycles. The number of hydrogen-bond donors (Lipinski definition) is 1. The monoisotopic (exact) mass is 522 g/mol. The Kier molecular flexibility index (Phi) is 8.41. The molecule has 0 atom stereocenters. The van der Waals surface area contributed by atoms with Gasteiger partial charge in [0, 0.05) is 26.8 Å². The van der Waals surface area contributed by atoms with E-state index >= 15 is 0 Å². The molecule has 0 amide bonds. The summed E-state index contributed by atoms with van der Waals surface area (Å²) in [7, 11) is -6.77. The Morgan fingerprint density at radius 1 is 0.543 bits per heavy atom. The van der Waals surface area contributed by atoms with E-state index in [2.05, 4.69) is 21.1 Å². The summed E-state index contributed by atoms with van der Waals surface area (Å²) in [5.41, 5.74) is 7.34. The fourth-order valence-corrected chi connectivity index (χ4v) is 8.47. The number of hydrogen-bond acceptors (Lipinski definition) is 5. The van der Waals surface area contributed by atoms with Crippen LogP contribution in [0.3, 0.4) is 0 Å². The Hall–Kier alpha value is -2.08. The molecule has 0 saturated carbocycles. The smallest absolute Gasteiger partial charge is 0.370 e. The average molecular weight is 523 g/mol. The van der Waals surface area contributed by atoms with Crippen molar-refractivity contribution in [1.82, 2.24) is 5.43 Å². The first kappa shape index (κ1) is 26.0. The topological polar surface area (TPSA) is 85.0 Å². The standard InChI is InChI=1S/C26H21N4O2P2.K/c31-33(21-13-5-1-6-14-21,22-15-7-2-8-16-22)25-27-29-26(30-28-25)34(32,23-17-9-3-10-18-23)24-19-11-4-12-20-24;/h1-20H,(H-,27,28,29,30);/q-1;+1. The zero-order valence-corrected chi connectivity index (χ0v) is 24.0. The van der Waals surface area contributed by atoms with Gasteiger partial charge in [-0.1, -0.05) is 121 Å². The van der Waals surface area contributed by atoms with Gasteiger partial charge >= 0.3 is 51.4 Å². The van der Waals surface area contributed by atoms with E-state index in [1.165, 1.54) is 0 Å². The summed E-state index contributed by atoms with van der Waals surface area (Å²) in [6.07, 6.45) is 0. The Morgan fingerprint density at radius 2 is 0.886 bits per heavy atom. The van der Waals surface area contributed by atoms with Gasteiger partial charge in [0.25, 0.3) is 0 Å². The Labute approximate surface area is 247 Å². The second-order valence-corrected chi connectivity index (χ2v) is 12.9. The number of nitrogens with zero attached hydrogens (tertiary/aromatic N) is 3. The van der Waals surface area contributed by atoms with Crippen LogP contribution in [0.2, 0.25) is 0 Å². The van der Waals surface area contributed by atoms with E-state index in [9.17, 15) is 9.13 Å². The van der Waals surface area contributed by atoms with Crippen LogP contribution in [0.4, 0.5) is 0 Å². The molecule has 0 aromatic heterocycles. The van der Waals surface area contributed by atoms with Crippen molar-refractivity contribution in [3.05, 3.63) is 127 Å². The molecule has 0 radical (unpaired) electrons. The third kappa shape index (κ3) is 4.96. The molecule has 0 saturated heterocycles. The van der Waals surface area contributed by atoms with Gasteiger partial charge in [0.05, 0.1) is 0 Å². The maximum atomic E-state index is 14.5. The van der Waals surface area contributed by atoms with Gasteiger partial charge in [-0.3, -0.25) is 0 Å². The van der Waals surface area contributed by atoms with E-state index in [1.807, 2.05) is 72.8 Å². The van der Waals surface area contributed by atoms with Gasteiger partial charge in [-0.25, -0.2) is 5.10 Å². The first-order valence-electron chi connectivity index (χ1n) is 10.7. The molecule has 35 heavy (non-hydrogen) atoms. The molecule has 1 heterocycles. The van der Waals surface area contributed by atoms with E-state index < -0.39 is 14.3 Å². The molecule has 4 aromatic carbocycles. The van der Waals surface area contributed by atoms with Gasteiger partial charge < -0.3 is 25.1 Å². The maximum absolute atomic E-state index is 14.5. The molecule has 4 aromatic rings. The van der Waals surface area contributed by atoms with Crippen molar-refractivity contribution < 1.29 is 60.5 Å². The second-order valence-electron chi connectivity index (χ2n) is 7.61. The minimum atomic E-state index is -3.40. The van der Waals surface area contributed by atoms with Crippen molar-refractivity contribution in [3.8, 4) is 0 Å². The van der Waals surface area contributed by atoms with Gasteiger partial charge in [-0.05, 0) is 0 Å². The van der Waals surface area contributed by atoms with Crippen LogP contribution in [-0.4, -0.2) is 11.2 Å². The van der Waals surface area contributed by atoms with Crippen molar-refractivity contribution in [2.45, 2.75) is 0 Å². The normalized spacial score (nSPS) is 13.4. The predicted octanol–water partition coefficient (Wildman–Crippen LogP) is 1.54. The third-order valence-corrected chi connectivity index (χ3v) is 11.2.